The Balaban J connectivity index is 1.92. The molecule has 2 aromatic rings. The minimum absolute atomic E-state index is 0.0777. The second-order valence-electron chi connectivity index (χ2n) is 5.67. The van der Waals surface area contributed by atoms with Crippen LogP contribution in [0.15, 0.2) is 34.2 Å². The van der Waals surface area contributed by atoms with Gasteiger partial charge in [-0.15, -0.1) is 0 Å². The van der Waals surface area contributed by atoms with Gasteiger partial charge < -0.3 is 4.74 Å². The smallest absolute Gasteiger partial charge is 0.262 e. The topological polar surface area (TPSA) is 44.1 Å². The van der Waals surface area contributed by atoms with Crippen LogP contribution in [0, 0.1) is 0 Å². The Bertz CT molecular complexity index is 693. The number of ether oxygens (including phenoxy) is 1. The van der Waals surface area contributed by atoms with Crippen LogP contribution in [0.2, 0.25) is 0 Å². The fraction of sp³-hybridized carbons (Fsp3) is 0.529. The predicted octanol–water partition coefficient (Wildman–Crippen LogP) is 3.47. The van der Waals surface area contributed by atoms with E-state index in [0.29, 0.717) is 11.5 Å². The minimum Gasteiger partial charge on any atom is -0.377 e. The van der Waals surface area contributed by atoms with Crippen molar-refractivity contribution in [3.05, 3.63) is 34.6 Å². The third kappa shape index (κ3) is 3.36. The summed E-state index contributed by atoms with van der Waals surface area (Å²) in [5.41, 5.74) is 0.865. The van der Waals surface area contributed by atoms with Gasteiger partial charge in [-0.25, -0.2) is 4.98 Å². The number of fused-ring (bicyclic) bond motifs is 1. The zero-order valence-corrected chi connectivity index (χ0v) is 13.8. The molecule has 0 radical (unpaired) electrons. The summed E-state index contributed by atoms with van der Waals surface area (Å²) in [5, 5.41) is 1.53. The molecule has 1 fully saturated rings. The van der Waals surface area contributed by atoms with E-state index in [-0.39, 0.29) is 5.56 Å². The van der Waals surface area contributed by atoms with Gasteiger partial charge in [0.15, 0.2) is 5.16 Å². The first-order chi connectivity index (χ1) is 10.8. The van der Waals surface area contributed by atoms with Gasteiger partial charge in [0.2, 0.25) is 0 Å². The second-order valence-corrected chi connectivity index (χ2v) is 6.66. The van der Waals surface area contributed by atoms with Crippen LogP contribution < -0.4 is 5.56 Å². The van der Waals surface area contributed by atoms with Crippen LogP contribution in [0.3, 0.4) is 0 Å². The Hall–Kier alpha value is -1.33. The van der Waals surface area contributed by atoms with Gasteiger partial charge in [-0.1, -0.05) is 37.2 Å². The number of hydrogen-bond donors (Lipinski definition) is 0. The van der Waals surface area contributed by atoms with Crippen molar-refractivity contribution >= 4 is 22.7 Å². The molecule has 1 atom stereocenters. The highest BCUT2D eigenvalue weighted by atomic mass is 32.2. The fourth-order valence-electron chi connectivity index (χ4n) is 2.71. The second kappa shape index (κ2) is 7.29. The van der Waals surface area contributed by atoms with Gasteiger partial charge in [-0.2, -0.15) is 0 Å². The number of benzene rings is 1. The zero-order valence-electron chi connectivity index (χ0n) is 13.0. The maximum Gasteiger partial charge on any atom is 0.262 e. The molecular weight excluding hydrogens is 296 g/mol. The summed E-state index contributed by atoms with van der Waals surface area (Å²) in [5.74, 6) is 0.872. The van der Waals surface area contributed by atoms with E-state index in [0.717, 1.165) is 55.3 Å². The first-order valence-corrected chi connectivity index (χ1v) is 9.02. The molecule has 1 aliphatic rings. The van der Waals surface area contributed by atoms with E-state index in [1.54, 1.807) is 11.8 Å². The zero-order chi connectivity index (χ0) is 15.4. The van der Waals surface area contributed by atoms with Crippen LogP contribution in [0.1, 0.15) is 32.6 Å². The summed E-state index contributed by atoms with van der Waals surface area (Å²) in [6.07, 6.45) is 4.61. The number of thioether (sulfide) groups is 1. The number of aromatic nitrogens is 2. The fourth-order valence-corrected chi connectivity index (χ4v) is 3.81. The molecule has 5 heteroatoms. The lowest BCUT2D eigenvalue weighted by atomic mass is 10.2. The Morgan fingerprint density at radius 2 is 2.27 bits per heavy atom. The summed E-state index contributed by atoms with van der Waals surface area (Å²) < 4.78 is 7.52. The summed E-state index contributed by atoms with van der Waals surface area (Å²) in [6, 6.07) is 7.60. The predicted molar refractivity (Wildman–Crippen MR) is 90.6 cm³/mol. The molecule has 1 unspecified atom stereocenters. The molecule has 2 heterocycles. The number of para-hydroxylation sites is 1. The first-order valence-electron chi connectivity index (χ1n) is 8.03. The third-order valence-corrected chi connectivity index (χ3v) is 5.09. The maximum atomic E-state index is 12.7. The number of unbranched alkanes of at least 4 members (excludes halogenated alkanes) is 1. The molecule has 22 heavy (non-hydrogen) atoms. The highest BCUT2D eigenvalue weighted by molar-refractivity contribution is 7.99. The molecule has 4 nitrogen and oxygen atoms in total. The Morgan fingerprint density at radius 1 is 1.41 bits per heavy atom. The monoisotopic (exact) mass is 318 g/mol. The number of nitrogens with zero attached hydrogens (tertiary/aromatic N) is 2. The normalized spacial score (nSPS) is 18.1. The standard InChI is InChI=1S/C17H22N2O2S/c1-2-3-10-19-16(20)14-8-4-5-9-15(14)18-17(19)22-12-13-7-6-11-21-13/h4-5,8-9,13H,2-3,6-7,10-12H2,1H3. The molecular formula is C17H22N2O2S. The van der Waals surface area contributed by atoms with Crippen LogP contribution in [-0.4, -0.2) is 28.0 Å². The molecule has 0 saturated carbocycles. The lowest BCUT2D eigenvalue weighted by molar-refractivity contribution is 0.129. The molecule has 1 aliphatic heterocycles. The molecule has 0 amide bonds. The van der Waals surface area contributed by atoms with Crippen molar-refractivity contribution in [2.45, 2.75) is 50.4 Å². The summed E-state index contributed by atoms with van der Waals surface area (Å²) in [4.78, 5) is 17.4. The molecule has 1 aromatic carbocycles. The number of hydrogen-bond acceptors (Lipinski definition) is 4. The van der Waals surface area contributed by atoms with Crippen molar-refractivity contribution in [3.8, 4) is 0 Å². The molecule has 1 aromatic heterocycles. The lowest BCUT2D eigenvalue weighted by Crippen LogP contribution is -2.24. The van der Waals surface area contributed by atoms with Gasteiger partial charge in [0.1, 0.15) is 0 Å². The van der Waals surface area contributed by atoms with Crippen molar-refractivity contribution < 1.29 is 4.74 Å². The van der Waals surface area contributed by atoms with Gasteiger partial charge in [-0.3, -0.25) is 9.36 Å². The van der Waals surface area contributed by atoms with Crippen molar-refractivity contribution in [1.29, 1.82) is 0 Å². The highest BCUT2D eigenvalue weighted by Gasteiger charge is 2.18. The maximum absolute atomic E-state index is 12.7. The molecule has 0 bridgehead atoms. The van der Waals surface area contributed by atoms with Crippen LogP contribution >= 0.6 is 11.8 Å². The van der Waals surface area contributed by atoms with Crippen LogP contribution in [-0.2, 0) is 11.3 Å². The van der Waals surface area contributed by atoms with Gasteiger partial charge in [0.05, 0.1) is 17.0 Å². The van der Waals surface area contributed by atoms with E-state index in [9.17, 15) is 4.79 Å². The molecule has 1 saturated heterocycles. The van der Waals surface area contributed by atoms with E-state index < -0.39 is 0 Å². The number of rotatable bonds is 6. The van der Waals surface area contributed by atoms with Crippen molar-refractivity contribution in [2.24, 2.45) is 0 Å². The van der Waals surface area contributed by atoms with E-state index in [1.807, 2.05) is 28.8 Å². The molecule has 0 aliphatic carbocycles. The van der Waals surface area contributed by atoms with Crippen LogP contribution in [0.5, 0.6) is 0 Å². The van der Waals surface area contributed by atoms with E-state index in [2.05, 4.69) is 6.92 Å². The van der Waals surface area contributed by atoms with Crippen molar-refractivity contribution in [3.63, 3.8) is 0 Å². The average Bonchev–Trinajstić information content (AvgIpc) is 3.06. The van der Waals surface area contributed by atoms with Crippen LogP contribution in [0.25, 0.3) is 10.9 Å². The molecule has 3 rings (SSSR count). The molecule has 0 spiro atoms. The van der Waals surface area contributed by atoms with Gasteiger partial charge in [0, 0.05) is 18.9 Å². The third-order valence-electron chi connectivity index (χ3n) is 3.98. The van der Waals surface area contributed by atoms with E-state index in [4.69, 9.17) is 9.72 Å². The van der Waals surface area contributed by atoms with E-state index in [1.165, 1.54) is 0 Å². The largest absolute Gasteiger partial charge is 0.377 e. The summed E-state index contributed by atoms with van der Waals surface area (Å²) in [7, 11) is 0. The van der Waals surface area contributed by atoms with E-state index >= 15 is 0 Å². The Morgan fingerprint density at radius 3 is 3.05 bits per heavy atom. The van der Waals surface area contributed by atoms with Crippen molar-refractivity contribution in [2.75, 3.05) is 12.4 Å². The van der Waals surface area contributed by atoms with Crippen molar-refractivity contribution in [1.82, 2.24) is 9.55 Å². The van der Waals surface area contributed by atoms with Gasteiger partial charge >= 0.3 is 0 Å². The molecule has 0 N–H and O–H groups in total. The van der Waals surface area contributed by atoms with Crippen LogP contribution in [0.4, 0.5) is 0 Å². The lowest BCUT2D eigenvalue weighted by Gasteiger charge is -2.14. The highest BCUT2D eigenvalue weighted by Crippen LogP contribution is 2.23. The quantitative estimate of drug-likeness (QED) is 0.604. The SMILES string of the molecule is CCCCn1c(SCC2CCCO2)nc2ccccc2c1=O. The van der Waals surface area contributed by atoms with Gasteiger partial charge in [-0.05, 0) is 31.4 Å². The first kappa shape index (κ1) is 15.6. The average molecular weight is 318 g/mol. The Labute approximate surface area is 134 Å². The van der Waals surface area contributed by atoms with Gasteiger partial charge in [0.25, 0.3) is 5.56 Å². The molecule has 118 valence electrons. The summed E-state index contributed by atoms with van der Waals surface area (Å²) in [6.45, 7) is 3.73. The minimum atomic E-state index is 0.0777. The summed E-state index contributed by atoms with van der Waals surface area (Å²) >= 11 is 1.65. The Kier molecular flexibility index (Phi) is 5.16.